The van der Waals surface area contributed by atoms with E-state index in [1.165, 1.54) is 0 Å². The highest BCUT2D eigenvalue weighted by Gasteiger charge is 2.14. The Kier molecular flexibility index (Phi) is 2.97. The van der Waals surface area contributed by atoms with E-state index in [4.69, 9.17) is 0 Å². The lowest BCUT2D eigenvalue weighted by molar-refractivity contribution is 0.209. The number of aliphatic hydroxyl groups excluding tert-OH is 1. The molecular weight excluding hydrogens is 200 g/mol. The van der Waals surface area contributed by atoms with Crippen molar-refractivity contribution in [2.75, 3.05) is 0 Å². The largest absolute Gasteiger partial charge is 0.380 e. The van der Waals surface area contributed by atoms with Gasteiger partial charge in [-0.05, 0) is 30.5 Å². The summed E-state index contributed by atoms with van der Waals surface area (Å²) in [6.07, 6.45) is 2.68. The average Bonchev–Trinajstić information content (AvgIpc) is 2.30. The summed E-state index contributed by atoms with van der Waals surface area (Å²) in [5.41, 5.74) is 2.88. The van der Waals surface area contributed by atoms with Gasteiger partial charge in [-0.25, -0.2) is 9.97 Å². The second-order valence-corrected chi connectivity index (χ2v) is 3.88. The van der Waals surface area contributed by atoms with Gasteiger partial charge in [0.25, 0.3) is 0 Å². The fraction of sp³-hybridized carbons (Fsp3) is 0.231. The Morgan fingerprint density at radius 1 is 1.06 bits per heavy atom. The molecule has 3 nitrogen and oxygen atoms in total. The second kappa shape index (κ2) is 4.41. The predicted molar refractivity (Wildman–Crippen MR) is 62.0 cm³/mol. The molecule has 1 aromatic heterocycles. The Morgan fingerprint density at radius 3 is 2.31 bits per heavy atom. The van der Waals surface area contributed by atoms with Gasteiger partial charge in [-0.1, -0.05) is 24.3 Å². The highest BCUT2D eigenvalue weighted by molar-refractivity contribution is 5.30. The van der Waals surface area contributed by atoms with Crippen molar-refractivity contribution in [2.45, 2.75) is 20.0 Å². The number of hydrogen-bond donors (Lipinski definition) is 1. The number of aryl methyl sites for hydroxylation is 2. The molecular formula is C13H14N2O. The number of rotatable bonds is 2. The quantitative estimate of drug-likeness (QED) is 0.833. The molecule has 1 unspecified atom stereocenters. The smallest absolute Gasteiger partial charge is 0.161 e. The van der Waals surface area contributed by atoms with Crippen molar-refractivity contribution in [2.24, 2.45) is 0 Å². The van der Waals surface area contributed by atoms with Crippen molar-refractivity contribution in [3.8, 4) is 0 Å². The number of benzene rings is 1. The van der Waals surface area contributed by atoms with Crippen molar-refractivity contribution in [1.29, 1.82) is 0 Å². The van der Waals surface area contributed by atoms with Gasteiger partial charge in [0.05, 0.1) is 0 Å². The monoisotopic (exact) mass is 214 g/mol. The summed E-state index contributed by atoms with van der Waals surface area (Å²) >= 11 is 0. The maximum Gasteiger partial charge on any atom is 0.161 e. The lowest BCUT2D eigenvalue weighted by atomic mass is 10.0. The topological polar surface area (TPSA) is 46.0 Å². The van der Waals surface area contributed by atoms with Crippen LogP contribution in [0, 0.1) is 13.8 Å². The van der Waals surface area contributed by atoms with E-state index in [0.717, 1.165) is 16.7 Å². The molecule has 0 spiro atoms. The maximum absolute atomic E-state index is 10.1. The Bertz CT molecular complexity index is 480. The molecule has 0 radical (unpaired) electrons. The SMILES string of the molecule is Cc1cnc(C(O)c2ccccc2C)nc1. The first kappa shape index (κ1) is 10.8. The minimum absolute atomic E-state index is 0.444. The number of aliphatic hydroxyl groups is 1. The minimum Gasteiger partial charge on any atom is -0.380 e. The molecule has 1 N–H and O–H groups in total. The van der Waals surface area contributed by atoms with E-state index in [-0.39, 0.29) is 0 Å². The third-order valence-electron chi connectivity index (χ3n) is 2.53. The molecule has 1 atom stereocenters. The van der Waals surface area contributed by atoms with Gasteiger partial charge in [0, 0.05) is 12.4 Å². The minimum atomic E-state index is -0.748. The first-order valence-electron chi connectivity index (χ1n) is 5.20. The van der Waals surface area contributed by atoms with Gasteiger partial charge in [0.2, 0.25) is 0 Å². The van der Waals surface area contributed by atoms with Crippen LogP contribution in [0.25, 0.3) is 0 Å². The number of aromatic nitrogens is 2. The van der Waals surface area contributed by atoms with E-state index >= 15 is 0 Å². The van der Waals surface area contributed by atoms with Crippen LogP contribution in [0.1, 0.15) is 28.6 Å². The standard InChI is InChI=1S/C13H14N2O/c1-9-7-14-13(15-8-9)12(16)11-6-4-3-5-10(11)2/h3-8,12,16H,1-2H3. The van der Waals surface area contributed by atoms with Crippen LogP contribution in [0.4, 0.5) is 0 Å². The van der Waals surface area contributed by atoms with Crippen molar-refractivity contribution < 1.29 is 5.11 Å². The molecule has 1 heterocycles. The Labute approximate surface area is 94.8 Å². The van der Waals surface area contributed by atoms with E-state index in [1.54, 1.807) is 12.4 Å². The second-order valence-electron chi connectivity index (χ2n) is 3.88. The van der Waals surface area contributed by atoms with Crippen molar-refractivity contribution in [3.05, 3.63) is 59.2 Å². The highest BCUT2D eigenvalue weighted by Crippen LogP contribution is 2.21. The Hall–Kier alpha value is -1.74. The van der Waals surface area contributed by atoms with Crippen molar-refractivity contribution in [1.82, 2.24) is 9.97 Å². The molecule has 0 aliphatic heterocycles. The molecule has 0 bridgehead atoms. The Balaban J connectivity index is 2.35. The van der Waals surface area contributed by atoms with Crippen LogP contribution in [0.3, 0.4) is 0 Å². The van der Waals surface area contributed by atoms with E-state index < -0.39 is 6.10 Å². The molecule has 0 saturated carbocycles. The van der Waals surface area contributed by atoms with Crippen LogP contribution in [-0.2, 0) is 0 Å². The summed E-state index contributed by atoms with van der Waals surface area (Å²) in [4.78, 5) is 8.27. The molecule has 0 aliphatic carbocycles. The van der Waals surface area contributed by atoms with Gasteiger partial charge in [-0.3, -0.25) is 0 Å². The molecule has 0 saturated heterocycles. The van der Waals surface area contributed by atoms with E-state index in [2.05, 4.69) is 9.97 Å². The van der Waals surface area contributed by atoms with Crippen LogP contribution in [0.2, 0.25) is 0 Å². The predicted octanol–water partition coefficient (Wildman–Crippen LogP) is 2.18. The molecule has 2 aromatic rings. The van der Waals surface area contributed by atoms with Gasteiger partial charge < -0.3 is 5.11 Å². The van der Waals surface area contributed by atoms with Crippen molar-refractivity contribution >= 4 is 0 Å². The van der Waals surface area contributed by atoms with Crippen LogP contribution < -0.4 is 0 Å². The molecule has 82 valence electrons. The first-order valence-corrected chi connectivity index (χ1v) is 5.20. The normalized spacial score (nSPS) is 12.4. The molecule has 0 aliphatic rings. The molecule has 0 amide bonds. The van der Waals surface area contributed by atoms with E-state index in [0.29, 0.717) is 5.82 Å². The lowest BCUT2D eigenvalue weighted by Gasteiger charge is -2.11. The van der Waals surface area contributed by atoms with E-state index in [1.807, 2.05) is 38.1 Å². The zero-order chi connectivity index (χ0) is 11.5. The van der Waals surface area contributed by atoms with Crippen LogP contribution in [0.5, 0.6) is 0 Å². The third kappa shape index (κ3) is 2.09. The van der Waals surface area contributed by atoms with Crippen LogP contribution >= 0.6 is 0 Å². The zero-order valence-corrected chi connectivity index (χ0v) is 9.38. The highest BCUT2D eigenvalue weighted by atomic mass is 16.3. The Morgan fingerprint density at radius 2 is 1.69 bits per heavy atom. The van der Waals surface area contributed by atoms with Crippen LogP contribution in [0.15, 0.2) is 36.7 Å². The van der Waals surface area contributed by atoms with Gasteiger partial charge >= 0.3 is 0 Å². The summed E-state index contributed by atoms with van der Waals surface area (Å²) in [5.74, 6) is 0.444. The summed E-state index contributed by atoms with van der Waals surface area (Å²) in [5, 5.41) is 10.1. The molecule has 1 aromatic carbocycles. The van der Waals surface area contributed by atoms with Gasteiger partial charge in [-0.15, -0.1) is 0 Å². The number of hydrogen-bond acceptors (Lipinski definition) is 3. The lowest BCUT2D eigenvalue weighted by Crippen LogP contribution is -2.06. The molecule has 0 fully saturated rings. The zero-order valence-electron chi connectivity index (χ0n) is 9.38. The number of nitrogens with zero attached hydrogens (tertiary/aromatic N) is 2. The first-order chi connectivity index (χ1) is 7.68. The fourth-order valence-electron chi connectivity index (χ4n) is 1.58. The van der Waals surface area contributed by atoms with Crippen molar-refractivity contribution in [3.63, 3.8) is 0 Å². The average molecular weight is 214 g/mol. The maximum atomic E-state index is 10.1. The molecule has 3 heteroatoms. The van der Waals surface area contributed by atoms with Gasteiger partial charge in [0.15, 0.2) is 5.82 Å². The van der Waals surface area contributed by atoms with Crippen LogP contribution in [-0.4, -0.2) is 15.1 Å². The van der Waals surface area contributed by atoms with Gasteiger partial charge in [0.1, 0.15) is 6.10 Å². The molecule has 16 heavy (non-hydrogen) atoms. The van der Waals surface area contributed by atoms with E-state index in [9.17, 15) is 5.11 Å². The van der Waals surface area contributed by atoms with Gasteiger partial charge in [-0.2, -0.15) is 0 Å². The summed E-state index contributed by atoms with van der Waals surface area (Å²) in [6, 6.07) is 7.71. The summed E-state index contributed by atoms with van der Waals surface area (Å²) < 4.78 is 0. The summed E-state index contributed by atoms with van der Waals surface area (Å²) in [7, 11) is 0. The molecule has 2 rings (SSSR count). The summed E-state index contributed by atoms with van der Waals surface area (Å²) in [6.45, 7) is 3.89. The third-order valence-corrected chi connectivity index (χ3v) is 2.53. The fourth-order valence-corrected chi connectivity index (χ4v) is 1.58.